The number of benzene rings is 1. The maximum atomic E-state index is 13.5. The normalized spacial score (nSPS) is 19.5. The van der Waals surface area contributed by atoms with Crippen molar-refractivity contribution >= 4 is 29.3 Å². The van der Waals surface area contributed by atoms with Crippen LogP contribution in [-0.4, -0.2) is 33.7 Å². The fourth-order valence-electron chi connectivity index (χ4n) is 4.65. The standard InChI is InChI=1S/C29H35ClFN5O2/c1-18-13-21(11-12-24(18)36-28(37)38-29(2,3)4)34-27-15-22(23(30)17-33-27)25-9-6-10-26(35-25)32-16-19-7-5-8-20(31)14-19/h5-10,14-15,17-18,21,24H,11-13,16H2,1-4H3,(H,32,35)(H,33,34)(H,36,37)/t18-,21-,24-/m1/s1. The number of alkyl carbamates (subject to hydrolysis) is 1. The third kappa shape index (κ3) is 7.81. The molecule has 3 aromatic rings. The van der Waals surface area contributed by atoms with Crippen molar-refractivity contribution in [2.45, 2.75) is 71.2 Å². The van der Waals surface area contributed by atoms with Crippen molar-refractivity contribution in [1.29, 1.82) is 0 Å². The highest BCUT2D eigenvalue weighted by Crippen LogP contribution is 2.31. The number of halogens is 2. The topological polar surface area (TPSA) is 88.2 Å². The lowest BCUT2D eigenvalue weighted by atomic mass is 9.83. The van der Waals surface area contributed by atoms with Crippen molar-refractivity contribution in [3.8, 4) is 11.3 Å². The number of carbonyl (C=O) groups excluding carboxylic acids is 1. The summed E-state index contributed by atoms with van der Waals surface area (Å²) in [5.41, 5.74) is 1.79. The van der Waals surface area contributed by atoms with Crippen LogP contribution in [0.4, 0.5) is 20.8 Å². The predicted molar refractivity (Wildman–Crippen MR) is 150 cm³/mol. The smallest absolute Gasteiger partial charge is 0.407 e. The number of nitrogens with one attached hydrogen (secondary N) is 3. The van der Waals surface area contributed by atoms with Gasteiger partial charge in [-0.15, -0.1) is 0 Å². The van der Waals surface area contributed by atoms with Crippen LogP contribution in [0.25, 0.3) is 11.3 Å². The van der Waals surface area contributed by atoms with Gasteiger partial charge < -0.3 is 20.7 Å². The van der Waals surface area contributed by atoms with Gasteiger partial charge >= 0.3 is 6.09 Å². The van der Waals surface area contributed by atoms with Crippen molar-refractivity contribution < 1.29 is 13.9 Å². The molecule has 1 aliphatic rings. The number of pyridine rings is 2. The summed E-state index contributed by atoms with van der Waals surface area (Å²) in [5.74, 6) is 1.40. The molecular formula is C29H35ClFN5O2. The lowest BCUT2D eigenvalue weighted by Gasteiger charge is -2.35. The fraction of sp³-hybridized carbons (Fsp3) is 0.414. The van der Waals surface area contributed by atoms with Gasteiger partial charge in [0.25, 0.3) is 0 Å². The number of anilines is 2. The highest BCUT2D eigenvalue weighted by molar-refractivity contribution is 6.33. The number of ether oxygens (including phenoxy) is 1. The Kier molecular flexibility index (Phi) is 8.72. The first-order chi connectivity index (χ1) is 18.1. The van der Waals surface area contributed by atoms with E-state index in [2.05, 4.69) is 27.9 Å². The van der Waals surface area contributed by atoms with E-state index in [1.807, 2.05) is 51.1 Å². The zero-order valence-corrected chi connectivity index (χ0v) is 23.0. The second kappa shape index (κ2) is 12.0. The van der Waals surface area contributed by atoms with Gasteiger partial charge in [-0.25, -0.2) is 19.2 Å². The van der Waals surface area contributed by atoms with Gasteiger partial charge in [0.1, 0.15) is 23.1 Å². The molecule has 2 aromatic heterocycles. The van der Waals surface area contributed by atoms with E-state index in [0.29, 0.717) is 23.1 Å². The van der Waals surface area contributed by atoms with Gasteiger partial charge in [-0.3, -0.25) is 0 Å². The molecule has 1 fully saturated rings. The summed E-state index contributed by atoms with van der Waals surface area (Å²) >= 11 is 6.51. The van der Waals surface area contributed by atoms with Crippen LogP contribution >= 0.6 is 11.6 Å². The summed E-state index contributed by atoms with van der Waals surface area (Å²) in [6.45, 7) is 8.18. The number of aromatic nitrogens is 2. The first-order valence-corrected chi connectivity index (χ1v) is 13.3. The summed E-state index contributed by atoms with van der Waals surface area (Å²) in [6.07, 6.45) is 3.89. The van der Waals surface area contributed by atoms with Gasteiger partial charge in [0, 0.05) is 30.4 Å². The molecule has 0 aliphatic heterocycles. The van der Waals surface area contributed by atoms with Crippen molar-refractivity contribution in [2.24, 2.45) is 5.92 Å². The minimum atomic E-state index is -0.518. The van der Waals surface area contributed by atoms with Gasteiger partial charge in [-0.1, -0.05) is 36.7 Å². The minimum absolute atomic E-state index is 0.0726. The maximum Gasteiger partial charge on any atom is 0.407 e. The van der Waals surface area contributed by atoms with E-state index in [1.165, 1.54) is 12.1 Å². The maximum absolute atomic E-state index is 13.5. The predicted octanol–water partition coefficient (Wildman–Crippen LogP) is 7.04. The first kappa shape index (κ1) is 27.6. The monoisotopic (exact) mass is 539 g/mol. The molecule has 3 atom stereocenters. The number of carbonyl (C=O) groups is 1. The summed E-state index contributed by atoms with van der Waals surface area (Å²) in [6, 6.07) is 14.3. The quantitative estimate of drug-likeness (QED) is 0.298. The van der Waals surface area contributed by atoms with Gasteiger partial charge in [0.05, 0.1) is 10.7 Å². The van der Waals surface area contributed by atoms with Gasteiger partial charge in [0.2, 0.25) is 0 Å². The number of rotatable bonds is 7. The highest BCUT2D eigenvalue weighted by Gasteiger charge is 2.30. The number of hydrogen-bond acceptors (Lipinski definition) is 6. The molecule has 0 saturated heterocycles. The van der Waals surface area contributed by atoms with Crippen LogP contribution in [0.5, 0.6) is 0 Å². The molecule has 0 spiro atoms. The van der Waals surface area contributed by atoms with Crippen molar-refractivity contribution in [3.63, 3.8) is 0 Å². The van der Waals surface area contributed by atoms with E-state index in [0.717, 1.165) is 36.2 Å². The Labute approximate surface area is 228 Å². The van der Waals surface area contributed by atoms with Crippen molar-refractivity contribution in [1.82, 2.24) is 15.3 Å². The largest absolute Gasteiger partial charge is 0.444 e. The summed E-state index contributed by atoms with van der Waals surface area (Å²) in [7, 11) is 0. The van der Waals surface area contributed by atoms with E-state index in [4.69, 9.17) is 21.3 Å². The fourth-order valence-corrected chi connectivity index (χ4v) is 4.85. The van der Waals surface area contributed by atoms with Gasteiger partial charge in [-0.05, 0) is 81.8 Å². The SMILES string of the molecule is C[C@@H]1C[C@H](Nc2cc(-c3cccc(NCc4cccc(F)c4)n3)c(Cl)cn2)CC[C@H]1NC(=O)OC(C)(C)C. The zero-order chi connectivity index (χ0) is 27.3. The van der Waals surface area contributed by atoms with Crippen LogP contribution in [0.3, 0.4) is 0 Å². The third-order valence-corrected chi connectivity index (χ3v) is 6.77. The molecule has 1 aromatic carbocycles. The van der Waals surface area contributed by atoms with Crippen molar-refractivity contribution in [3.05, 3.63) is 71.1 Å². The Morgan fingerprint density at radius 1 is 1.13 bits per heavy atom. The van der Waals surface area contributed by atoms with Crippen LogP contribution in [0.2, 0.25) is 5.02 Å². The van der Waals surface area contributed by atoms with Gasteiger partial charge in [-0.2, -0.15) is 0 Å². The molecule has 7 nitrogen and oxygen atoms in total. The van der Waals surface area contributed by atoms with E-state index < -0.39 is 5.60 Å². The molecule has 202 valence electrons. The second-order valence-electron chi connectivity index (χ2n) is 10.8. The molecule has 0 bridgehead atoms. The molecule has 4 rings (SSSR count). The average molecular weight is 540 g/mol. The van der Waals surface area contributed by atoms with Crippen LogP contribution in [0, 0.1) is 11.7 Å². The van der Waals surface area contributed by atoms with E-state index >= 15 is 0 Å². The lowest BCUT2D eigenvalue weighted by Crippen LogP contribution is -2.46. The summed E-state index contributed by atoms with van der Waals surface area (Å²) in [4.78, 5) is 21.4. The van der Waals surface area contributed by atoms with Crippen LogP contribution in [0.15, 0.2) is 54.7 Å². The average Bonchev–Trinajstić information content (AvgIpc) is 2.85. The molecule has 38 heavy (non-hydrogen) atoms. The Hall–Kier alpha value is -3.39. The molecule has 3 N–H and O–H groups in total. The van der Waals surface area contributed by atoms with E-state index in [1.54, 1.807) is 12.3 Å². The number of nitrogens with zero attached hydrogens (tertiary/aromatic N) is 2. The van der Waals surface area contributed by atoms with E-state index in [9.17, 15) is 9.18 Å². The highest BCUT2D eigenvalue weighted by atomic mass is 35.5. The lowest BCUT2D eigenvalue weighted by molar-refractivity contribution is 0.0471. The number of amides is 1. The zero-order valence-electron chi connectivity index (χ0n) is 22.2. The molecule has 1 amide bonds. The Morgan fingerprint density at radius 2 is 1.92 bits per heavy atom. The molecule has 2 heterocycles. The van der Waals surface area contributed by atoms with Gasteiger partial charge in [0.15, 0.2) is 0 Å². The molecular weight excluding hydrogens is 505 g/mol. The minimum Gasteiger partial charge on any atom is -0.444 e. The Morgan fingerprint density at radius 3 is 2.66 bits per heavy atom. The Balaban J connectivity index is 1.38. The van der Waals surface area contributed by atoms with Crippen molar-refractivity contribution in [2.75, 3.05) is 10.6 Å². The van der Waals surface area contributed by atoms with Crippen LogP contribution in [0.1, 0.15) is 52.5 Å². The molecule has 1 aliphatic carbocycles. The van der Waals surface area contributed by atoms with E-state index in [-0.39, 0.29) is 29.9 Å². The third-order valence-electron chi connectivity index (χ3n) is 6.47. The molecule has 0 radical (unpaired) electrons. The molecule has 9 heteroatoms. The van der Waals surface area contributed by atoms with Crippen LogP contribution in [-0.2, 0) is 11.3 Å². The second-order valence-corrected chi connectivity index (χ2v) is 11.2. The van der Waals surface area contributed by atoms with Crippen LogP contribution < -0.4 is 16.0 Å². The first-order valence-electron chi connectivity index (χ1n) is 12.9. The molecule has 0 unspecified atom stereocenters. The molecule has 1 saturated carbocycles. The number of hydrogen-bond donors (Lipinski definition) is 3. The Bertz CT molecular complexity index is 1270. The summed E-state index contributed by atoms with van der Waals surface area (Å²) < 4.78 is 18.9. The summed E-state index contributed by atoms with van der Waals surface area (Å²) in [5, 5.41) is 10.3.